The number of rotatable bonds is 3. The van der Waals surface area contributed by atoms with Crippen LogP contribution in [0.25, 0.3) is 0 Å². The predicted octanol–water partition coefficient (Wildman–Crippen LogP) is 2.50. The summed E-state index contributed by atoms with van der Waals surface area (Å²) in [5.41, 5.74) is 0.611. The highest BCUT2D eigenvalue weighted by atomic mass is 16.5. The van der Waals surface area contributed by atoms with Crippen LogP contribution in [0.15, 0.2) is 11.3 Å². The Labute approximate surface area is 96.9 Å². The normalized spacial score (nSPS) is 27.7. The lowest BCUT2D eigenvalue weighted by molar-refractivity contribution is -0.127. The summed E-state index contributed by atoms with van der Waals surface area (Å²) in [6.45, 7) is 9.11. The Hall–Kier alpha value is -1.12. The van der Waals surface area contributed by atoms with Crippen molar-refractivity contribution < 1.29 is 14.3 Å². The van der Waals surface area contributed by atoms with Crippen molar-refractivity contribution in [3.05, 3.63) is 11.3 Å². The molecule has 0 aliphatic carbocycles. The fourth-order valence-corrected chi connectivity index (χ4v) is 1.95. The molecule has 0 radical (unpaired) electrons. The van der Waals surface area contributed by atoms with Gasteiger partial charge in [-0.25, -0.2) is 0 Å². The molecule has 1 rings (SSSR count). The van der Waals surface area contributed by atoms with Crippen LogP contribution in [0.3, 0.4) is 0 Å². The van der Waals surface area contributed by atoms with Gasteiger partial charge in [-0.1, -0.05) is 13.8 Å². The van der Waals surface area contributed by atoms with E-state index in [0.717, 1.165) is 0 Å². The first-order valence-corrected chi connectivity index (χ1v) is 5.84. The van der Waals surface area contributed by atoms with E-state index in [1.165, 1.54) is 0 Å². The van der Waals surface area contributed by atoms with Gasteiger partial charge in [-0.3, -0.25) is 9.59 Å². The maximum atomic E-state index is 11.9. The average molecular weight is 224 g/mol. The van der Waals surface area contributed by atoms with Gasteiger partial charge >= 0.3 is 0 Å². The Morgan fingerprint density at radius 2 is 2.00 bits per heavy atom. The molecule has 90 valence electrons. The van der Waals surface area contributed by atoms with Crippen LogP contribution >= 0.6 is 0 Å². The molecule has 1 heterocycles. The third-order valence-electron chi connectivity index (χ3n) is 3.39. The van der Waals surface area contributed by atoms with Gasteiger partial charge < -0.3 is 4.74 Å². The highest BCUT2D eigenvalue weighted by molar-refractivity contribution is 5.99. The second kappa shape index (κ2) is 4.81. The number of Topliss-reactive ketones (excluding diaryl/α,β-unsaturated/α-hetero) is 2. The van der Waals surface area contributed by atoms with Crippen molar-refractivity contribution in [2.75, 3.05) is 0 Å². The first kappa shape index (κ1) is 12.9. The molecule has 0 bridgehead atoms. The largest absolute Gasteiger partial charge is 0.493 e. The number of ketones is 2. The highest BCUT2D eigenvalue weighted by Crippen LogP contribution is 2.30. The minimum absolute atomic E-state index is 0.101. The molecule has 0 aromatic carbocycles. The van der Waals surface area contributed by atoms with Crippen LogP contribution in [-0.2, 0) is 14.3 Å². The van der Waals surface area contributed by atoms with E-state index in [1.54, 1.807) is 13.8 Å². The van der Waals surface area contributed by atoms with Crippen molar-refractivity contribution in [1.82, 2.24) is 0 Å². The SMILES string of the molecule is CCC(=O)[C@H](C)C1=C(C)C(=O)[C@H](C)[C@H](C)O1. The molecule has 0 spiro atoms. The Kier molecular flexibility index (Phi) is 3.89. The minimum atomic E-state index is -0.302. The standard InChI is InChI=1S/C13H20O3/c1-6-11(14)8(3)13-9(4)12(15)7(2)10(5)16-13/h7-8,10H,6H2,1-5H3/t7-,8+,10+/m1/s1. The number of carbonyl (C=O) groups excluding carboxylic acids is 2. The fraction of sp³-hybridized carbons (Fsp3) is 0.692. The summed E-state index contributed by atoms with van der Waals surface area (Å²) in [6.07, 6.45) is 0.331. The van der Waals surface area contributed by atoms with E-state index in [0.29, 0.717) is 17.8 Å². The molecular weight excluding hydrogens is 204 g/mol. The van der Waals surface area contributed by atoms with Crippen molar-refractivity contribution in [2.45, 2.75) is 47.1 Å². The van der Waals surface area contributed by atoms with Gasteiger partial charge in [0.1, 0.15) is 17.6 Å². The highest BCUT2D eigenvalue weighted by Gasteiger charge is 2.34. The molecule has 0 aromatic heterocycles. The zero-order valence-electron chi connectivity index (χ0n) is 10.7. The van der Waals surface area contributed by atoms with Crippen molar-refractivity contribution in [3.8, 4) is 0 Å². The third kappa shape index (κ3) is 2.18. The first-order valence-electron chi connectivity index (χ1n) is 5.84. The van der Waals surface area contributed by atoms with Gasteiger partial charge in [0.05, 0.1) is 11.8 Å². The molecule has 0 saturated carbocycles. The average Bonchev–Trinajstić information content (AvgIpc) is 2.29. The van der Waals surface area contributed by atoms with Gasteiger partial charge in [-0.05, 0) is 20.8 Å². The van der Waals surface area contributed by atoms with E-state index in [9.17, 15) is 9.59 Å². The van der Waals surface area contributed by atoms with Crippen LogP contribution in [0.1, 0.15) is 41.0 Å². The van der Waals surface area contributed by atoms with E-state index < -0.39 is 0 Å². The summed E-state index contributed by atoms with van der Waals surface area (Å²) in [5.74, 6) is 0.368. The van der Waals surface area contributed by atoms with Gasteiger partial charge in [0.2, 0.25) is 0 Å². The van der Waals surface area contributed by atoms with Gasteiger partial charge in [0.15, 0.2) is 5.78 Å². The summed E-state index contributed by atoms with van der Waals surface area (Å²) in [4.78, 5) is 23.5. The van der Waals surface area contributed by atoms with E-state index in [4.69, 9.17) is 4.74 Å². The Morgan fingerprint density at radius 1 is 1.44 bits per heavy atom. The lowest BCUT2D eigenvalue weighted by atomic mass is 9.88. The zero-order chi connectivity index (χ0) is 12.5. The molecule has 1 aliphatic rings. The Bertz CT molecular complexity index is 341. The van der Waals surface area contributed by atoms with Gasteiger partial charge in [-0.2, -0.15) is 0 Å². The molecule has 0 unspecified atom stereocenters. The van der Waals surface area contributed by atoms with Gasteiger partial charge in [0, 0.05) is 12.0 Å². The molecule has 3 heteroatoms. The second-order valence-electron chi connectivity index (χ2n) is 4.51. The minimum Gasteiger partial charge on any atom is -0.493 e. The van der Waals surface area contributed by atoms with E-state index in [2.05, 4.69) is 0 Å². The Morgan fingerprint density at radius 3 is 2.50 bits per heavy atom. The summed E-state index contributed by atoms with van der Waals surface area (Å²) in [7, 11) is 0. The van der Waals surface area contributed by atoms with Crippen molar-refractivity contribution in [2.24, 2.45) is 11.8 Å². The summed E-state index contributed by atoms with van der Waals surface area (Å²) in [5, 5.41) is 0. The summed E-state index contributed by atoms with van der Waals surface area (Å²) >= 11 is 0. The van der Waals surface area contributed by atoms with Crippen LogP contribution < -0.4 is 0 Å². The molecule has 3 atom stereocenters. The molecule has 0 amide bonds. The monoisotopic (exact) mass is 224 g/mol. The molecule has 1 aliphatic heterocycles. The lowest BCUT2D eigenvalue weighted by Crippen LogP contribution is -2.35. The Balaban J connectivity index is 3.03. The number of allylic oxidation sites excluding steroid dienone is 2. The number of hydrogen-bond donors (Lipinski definition) is 0. The van der Waals surface area contributed by atoms with E-state index in [1.807, 2.05) is 20.8 Å². The summed E-state index contributed by atoms with van der Waals surface area (Å²) in [6, 6.07) is 0. The van der Waals surface area contributed by atoms with Gasteiger partial charge in [0.25, 0.3) is 0 Å². The van der Waals surface area contributed by atoms with Crippen molar-refractivity contribution >= 4 is 11.6 Å². The van der Waals surface area contributed by atoms with Crippen molar-refractivity contribution in [1.29, 1.82) is 0 Å². The van der Waals surface area contributed by atoms with Crippen LogP contribution in [0.5, 0.6) is 0 Å². The first-order chi connectivity index (χ1) is 7.40. The number of ether oxygens (including phenoxy) is 1. The van der Waals surface area contributed by atoms with E-state index in [-0.39, 0.29) is 29.5 Å². The van der Waals surface area contributed by atoms with Crippen molar-refractivity contribution in [3.63, 3.8) is 0 Å². The van der Waals surface area contributed by atoms with Crippen LogP contribution in [0, 0.1) is 11.8 Å². The molecule has 3 nitrogen and oxygen atoms in total. The van der Waals surface area contributed by atoms with Gasteiger partial charge in [-0.15, -0.1) is 0 Å². The zero-order valence-corrected chi connectivity index (χ0v) is 10.7. The number of carbonyl (C=O) groups is 2. The lowest BCUT2D eigenvalue weighted by Gasteiger charge is -2.31. The van der Waals surface area contributed by atoms with Crippen LogP contribution in [0.4, 0.5) is 0 Å². The number of hydrogen-bond acceptors (Lipinski definition) is 3. The maximum absolute atomic E-state index is 11.9. The molecule has 0 fully saturated rings. The van der Waals surface area contributed by atoms with Crippen LogP contribution in [-0.4, -0.2) is 17.7 Å². The van der Waals surface area contributed by atoms with Crippen LogP contribution in [0.2, 0.25) is 0 Å². The molecule has 0 aromatic rings. The molecular formula is C13H20O3. The second-order valence-corrected chi connectivity index (χ2v) is 4.51. The smallest absolute Gasteiger partial charge is 0.168 e. The van der Waals surface area contributed by atoms with E-state index >= 15 is 0 Å². The third-order valence-corrected chi connectivity index (χ3v) is 3.39. The fourth-order valence-electron chi connectivity index (χ4n) is 1.95. The summed E-state index contributed by atoms with van der Waals surface area (Å²) < 4.78 is 5.70. The molecule has 0 N–H and O–H groups in total. The predicted molar refractivity (Wildman–Crippen MR) is 61.9 cm³/mol. The maximum Gasteiger partial charge on any atom is 0.168 e. The molecule has 0 saturated heterocycles. The molecule has 16 heavy (non-hydrogen) atoms. The topological polar surface area (TPSA) is 43.4 Å². The quantitative estimate of drug-likeness (QED) is 0.739.